The summed E-state index contributed by atoms with van der Waals surface area (Å²) in [4.78, 5) is 19.5. The molecule has 0 spiro atoms. The normalized spacial score (nSPS) is 13.8. The summed E-state index contributed by atoms with van der Waals surface area (Å²) in [7, 11) is 1.66. The van der Waals surface area contributed by atoms with Gasteiger partial charge in [0.15, 0.2) is 0 Å². The first-order chi connectivity index (χ1) is 16.0. The SMILES string of the molecule is COc1ccc(-c2nc3sc4c(O)c(C)ccc4c3c(=O)n2Cc2cnoc2)c(C2CC2)c1. The maximum Gasteiger partial charge on any atom is 0.263 e. The molecule has 1 aliphatic carbocycles. The van der Waals surface area contributed by atoms with Crippen molar-refractivity contribution in [2.75, 3.05) is 7.11 Å². The smallest absolute Gasteiger partial charge is 0.263 e. The van der Waals surface area contributed by atoms with Crippen molar-refractivity contribution in [3.05, 3.63) is 69.8 Å². The van der Waals surface area contributed by atoms with Crippen LogP contribution < -0.4 is 10.3 Å². The molecule has 33 heavy (non-hydrogen) atoms. The molecule has 0 unspecified atom stereocenters. The van der Waals surface area contributed by atoms with E-state index in [-0.39, 0.29) is 17.9 Å². The maximum atomic E-state index is 13.9. The molecular weight excluding hydrogens is 438 g/mol. The van der Waals surface area contributed by atoms with E-state index in [1.165, 1.54) is 17.6 Å². The number of aromatic hydroxyl groups is 1. The maximum absolute atomic E-state index is 13.9. The first kappa shape index (κ1) is 20.0. The number of aromatic nitrogens is 3. The number of nitrogens with zero attached hydrogens (tertiary/aromatic N) is 3. The number of hydrogen-bond acceptors (Lipinski definition) is 7. The molecule has 1 aliphatic rings. The van der Waals surface area contributed by atoms with Crippen molar-refractivity contribution in [1.82, 2.24) is 14.7 Å². The van der Waals surface area contributed by atoms with Crippen LogP contribution in [0.25, 0.3) is 31.7 Å². The van der Waals surface area contributed by atoms with Crippen LogP contribution in [0.3, 0.4) is 0 Å². The van der Waals surface area contributed by atoms with Gasteiger partial charge in [0.05, 0.1) is 29.9 Å². The van der Waals surface area contributed by atoms with E-state index in [2.05, 4.69) is 5.16 Å². The molecule has 166 valence electrons. The molecule has 7 nitrogen and oxygen atoms in total. The molecule has 0 saturated heterocycles. The Labute approximate surface area is 192 Å². The molecule has 6 rings (SSSR count). The Hall–Kier alpha value is -3.65. The Morgan fingerprint density at radius 2 is 2.12 bits per heavy atom. The molecule has 1 saturated carbocycles. The predicted octanol–water partition coefficient (Wildman–Crippen LogP) is 5.21. The van der Waals surface area contributed by atoms with Gasteiger partial charge in [-0.05, 0) is 55.0 Å². The van der Waals surface area contributed by atoms with Gasteiger partial charge in [-0.15, -0.1) is 11.3 Å². The first-order valence-electron chi connectivity index (χ1n) is 10.8. The highest BCUT2D eigenvalue weighted by atomic mass is 32.1. The number of phenols is 1. The van der Waals surface area contributed by atoms with Crippen molar-refractivity contribution in [2.45, 2.75) is 32.2 Å². The van der Waals surface area contributed by atoms with Crippen LogP contribution >= 0.6 is 11.3 Å². The molecule has 0 atom stereocenters. The highest BCUT2D eigenvalue weighted by molar-refractivity contribution is 7.25. The van der Waals surface area contributed by atoms with Gasteiger partial charge < -0.3 is 14.4 Å². The lowest BCUT2D eigenvalue weighted by atomic mass is 10.0. The minimum absolute atomic E-state index is 0.150. The number of methoxy groups -OCH3 is 1. The molecule has 3 heterocycles. The lowest BCUT2D eigenvalue weighted by Crippen LogP contribution is -2.24. The van der Waals surface area contributed by atoms with Crippen molar-refractivity contribution < 1.29 is 14.4 Å². The topological polar surface area (TPSA) is 90.4 Å². The summed E-state index contributed by atoms with van der Waals surface area (Å²) in [6.45, 7) is 2.13. The van der Waals surface area contributed by atoms with E-state index in [1.807, 2.05) is 37.3 Å². The van der Waals surface area contributed by atoms with Crippen molar-refractivity contribution >= 4 is 31.6 Å². The zero-order chi connectivity index (χ0) is 22.7. The third-order valence-corrected chi connectivity index (χ3v) is 7.38. The van der Waals surface area contributed by atoms with Gasteiger partial charge in [0.1, 0.15) is 28.4 Å². The van der Waals surface area contributed by atoms with Gasteiger partial charge in [0, 0.05) is 16.5 Å². The third-order valence-electron chi connectivity index (χ3n) is 6.28. The second-order valence-corrected chi connectivity index (χ2v) is 9.48. The van der Waals surface area contributed by atoms with Gasteiger partial charge in [-0.3, -0.25) is 9.36 Å². The fourth-order valence-corrected chi connectivity index (χ4v) is 5.51. The van der Waals surface area contributed by atoms with Crippen molar-refractivity contribution in [1.29, 1.82) is 0 Å². The highest BCUT2D eigenvalue weighted by Gasteiger charge is 2.29. The van der Waals surface area contributed by atoms with Crippen LogP contribution in [0.1, 0.15) is 35.4 Å². The van der Waals surface area contributed by atoms with Crippen LogP contribution in [0.2, 0.25) is 0 Å². The number of fused-ring (bicyclic) bond motifs is 3. The van der Waals surface area contributed by atoms with Gasteiger partial charge >= 0.3 is 0 Å². The van der Waals surface area contributed by atoms with E-state index in [9.17, 15) is 9.90 Å². The number of thiophene rings is 1. The van der Waals surface area contributed by atoms with Gasteiger partial charge in [-0.1, -0.05) is 17.3 Å². The molecule has 0 bridgehead atoms. The zero-order valence-corrected chi connectivity index (χ0v) is 19.0. The van der Waals surface area contributed by atoms with Crippen LogP contribution in [0.4, 0.5) is 0 Å². The summed E-state index contributed by atoms with van der Waals surface area (Å²) in [5.74, 6) is 2.02. The Balaban J connectivity index is 1.68. The summed E-state index contributed by atoms with van der Waals surface area (Å²) in [5, 5.41) is 15.7. The number of phenolic OH excluding ortho intramolecular Hbond substituents is 1. The van der Waals surface area contributed by atoms with E-state index in [4.69, 9.17) is 14.2 Å². The largest absolute Gasteiger partial charge is 0.506 e. The second kappa shape index (κ2) is 7.45. The van der Waals surface area contributed by atoms with E-state index in [0.717, 1.165) is 46.2 Å². The number of aryl methyl sites for hydroxylation is 1. The van der Waals surface area contributed by atoms with Crippen molar-refractivity contribution in [2.24, 2.45) is 0 Å². The molecule has 5 aromatic rings. The Kier molecular flexibility index (Phi) is 4.51. The zero-order valence-electron chi connectivity index (χ0n) is 18.2. The number of benzene rings is 2. The first-order valence-corrected chi connectivity index (χ1v) is 11.6. The van der Waals surface area contributed by atoms with Crippen molar-refractivity contribution in [3.8, 4) is 22.9 Å². The fraction of sp³-hybridized carbons (Fsp3) is 0.240. The fourth-order valence-electron chi connectivity index (χ4n) is 4.35. The third kappa shape index (κ3) is 3.21. The second-order valence-electron chi connectivity index (χ2n) is 8.48. The van der Waals surface area contributed by atoms with E-state index in [0.29, 0.717) is 26.7 Å². The molecule has 1 fully saturated rings. The Morgan fingerprint density at radius 1 is 1.27 bits per heavy atom. The monoisotopic (exact) mass is 459 g/mol. The molecule has 3 aromatic heterocycles. The van der Waals surface area contributed by atoms with E-state index < -0.39 is 0 Å². The van der Waals surface area contributed by atoms with Crippen LogP contribution in [-0.4, -0.2) is 26.9 Å². The minimum atomic E-state index is -0.150. The number of ether oxygens (including phenoxy) is 1. The summed E-state index contributed by atoms with van der Waals surface area (Å²) >= 11 is 1.35. The van der Waals surface area contributed by atoms with Gasteiger partial charge in [-0.25, -0.2) is 4.98 Å². The minimum Gasteiger partial charge on any atom is -0.506 e. The van der Waals surface area contributed by atoms with Gasteiger partial charge in [0.2, 0.25) is 0 Å². The Bertz CT molecular complexity index is 1580. The summed E-state index contributed by atoms with van der Waals surface area (Å²) in [5.41, 5.74) is 3.46. The van der Waals surface area contributed by atoms with E-state index >= 15 is 0 Å². The molecule has 2 aromatic carbocycles. The lowest BCUT2D eigenvalue weighted by Gasteiger charge is -2.16. The predicted molar refractivity (Wildman–Crippen MR) is 127 cm³/mol. The Morgan fingerprint density at radius 3 is 2.85 bits per heavy atom. The molecular formula is C25H21N3O4S. The molecule has 0 amide bonds. The average molecular weight is 460 g/mol. The molecule has 0 aliphatic heterocycles. The van der Waals surface area contributed by atoms with Crippen LogP contribution in [0.5, 0.6) is 11.5 Å². The average Bonchev–Trinajstić information content (AvgIpc) is 3.41. The van der Waals surface area contributed by atoms with Crippen LogP contribution in [0, 0.1) is 6.92 Å². The quantitative estimate of drug-likeness (QED) is 0.388. The number of hydrogen-bond donors (Lipinski definition) is 1. The van der Waals surface area contributed by atoms with Crippen LogP contribution in [0.15, 0.2) is 52.1 Å². The summed E-state index contributed by atoms with van der Waals surface area (Å²) < 4.78 is 12.8. The van der Waals surface area contributed by atoms with Crippen molar-refractivity contribution in [3.63, 3.8) is 0 Å². The van der Waals surface area contributed by atoms with Gasteiger partial charge in [-0.2, -0.15) is 0 Å². The molecule has 0 radical (unpaired) electrons. The van der Waals surface area contributed by atoms with E-state index in [1.54, 1.807) is 17.9 Å². The highest BCUT2D eigenvalue weighted by Crippen LogP contribution is 2.46. The number of rotatable bonds is 5. The summed E-state index contributed by atoms with van der Waals surface area (Å²) in [6, 6.07) is 9.66. The standard InChI is InChI=1S/C25H21N3O4S/c1-13-3-7-18-20-24(33-22(18)21(13)29)27-23(28(25(20)30)11-14-10-26-32-12-14)17-8-6-16(31-2)9-19(17)15-4-5-15/h3,6-10,12,15,29H,4-5,11H2,1-2H3. The molecule has 8 heteroatoms. The lowest BCUT2D eigenvalue weighted by molar-refractivity contribution is 0.414. The van der Waals surface area contributed by atoms with Crippen LogP contribution in [-0.2, 0) is 6.54 Å². The summed E-state index contributed by atoms with van der Waals surface area (Å²) in [6.07, 6.45) is 5.36. The van der Waals surface area contributed by atoms with Gasteiger partial charge in [0.25, 0.3) is 5.56 Å². The molecule has 1 N–H and O–H groups in total.